The highest BCUT2D eigenvalue weighted by molar-refractivity contribution is 5.83. The van der Waals surface area contributed by atoms with Gasteiger partial charge in [-0.3, -0.25) is 0 Å². The van der Waals surface area contributed by atoms with Gasteiger partial charge >= 0.3 is 5.63 Å². The number of aliphatic hydroxyl groups excluding tert-OH is 1. The van der Waals surface area contributed by atoms with Crippen LogP contribution in [0.2, 0.25) is 0 Å². The van der Waals surface area contributed by atoms with E-state index >= 15 is 0 Å². The largest absolute Gasteiger partial charge is 0.485 e. The maximum atomic E-state index is 11.5. The van der Waals surface area contributed by atoms with Crippen LogP contribution in [0.5, 0.6) is 5.75 Å². The molecule has 106 valence electrons. The summed E-state index contributed by atoms with van der Waals surface area (Å²) >= 11 is 0. The molecule has 1 aliphatic heterocycles. The van der Waals surface area contributed by atoms with Crippen molar-refractivity contribution < 1.29 is 19.0 Å². The van der Waals surface area contributed by atoms with Gasteiger partial charge in [0, 0.05) is 18.6 Å². The first kappa shape index (κ1) is 13.1. The normalized spacial score (nSPS) is 24.2. The predicted molar refractivity (Wildman–Crippen MR) is 72.9 cm³/mol. The fourth-order valence-corrected chi connectivity index (χ4v) is 2.61. The Labute approximate surface area is 115 Å². The third-order valence-corrected chi connectivity index (χ3v) is 3.70. The third-order valence-electron chi connectivity index (χ3n) is 3.70. The summed E-state index contributed by atoms with van der Waals surface area (Å²) in [5.41, 5.74) is -0.248. The minimum Gasteiger partial charge on any atom is -0.485 e. The molecule has 0 amide bonds. The second kappa shape index (κ2) is 4.33. The third kappa shape index (κ3) is 1.82. The van der Waals surface area contributed by atoms with Gasteiger partial charge in [0.15, 0.2) is 0 Å². The number of benzene rings is 1. The van der Waals surface area contributed by atoms with Crippen molar-refractivity contribution in [2.75, 3.05) is 7.11 Å². The van der Waals surface area contributed by atoms with Crippen LogP contribution in [0.1, 0.15) is 25.5 Å². The summed E-state index contributed by atoms with van der Waals surface area (Å²) in [5, 5.41) is 11.2. The lowest BCUT2D eigenvalue weighted by atomic mass is 9.87. The molecule has 1 N–H and O–H groups in total. The van der Waals surface area contributed by atoms with E-state index in [4.69, 9.17) is 13.9 Å². The van der Waals surface area contributed by atoms with Crippen molar-refractivity contribution >= 4 is 11.0 Å². The van der Waals surface area contributed by atoms with Gasteiger partial charge < -0.3 is 19.0 Å². The number of fused-ring (bicyclic) bond motifs is 3. The van der Waals surface area contributed by atoms with Crippen LogP contribution in [0.3, 0.4) is 0 Å². The molecule has 0 fully saturated rings. The number of methoxy groups -OCH3 is 1. The van der Waals surface area contributed by atoms with Gasteiger partial charge in [0.1, 0.15) is 29.1 Å². The van der Waals surface area contributed by atoms with E-state index in [1.54, 1.807) is 26.0 Å². The lowest BCUT2D eigenvalue weighted by Gasteiger charge is -2.41. The Morgan fingerprint density at radius 2 is 1.95 bits per heavy atom. The summed E-state index contributed by atoms with van der Waals surface area (Å²) in [6.07, 6.45) is -1.47. The molecule has 1 aromatic heterocycles. The van der Waals surface area contributed by atoms with Gasteiger partial charge in [-0.1, -0.05) is 0 Å². The van der Waals surface area contributed by atoms with Crippen LogP contribution in [0.4, 0.5) is 0 Å². The maximum absolute atomic E-state index is 11.5. The van der Waals surface area contributed by atoms with Gasteiger partial charge in [-0.15, -0.1) is 0 Å². The zero-order valence-corrected chi connectivity index (χ0v) is 11.5. The standard InChI is InChI=1S/C15H16O5/c1-15(2)14(17)13(18-3)11-9(20-15)6-4-8-5-7-10(16)19-12(8)11/h4-7,13-14,17H,1-3H3/t13-,14-/m1/s1. The lowest BCUT2D eigenvalue weighted by Crippen LogP contribution is -2.49. The van der Waals surface area contributed by atoms with E-state index in [9.17, 15) is 9.90 Å². The van der Waals surface area contributed by atoms with Crippen LogP contribution in [0, 0.1) is 0 Å². The summed E-state index contributed by atoms with van der Waals surface area (Å²) in [6.45, 7) is 3.58. The van der Waals surface area contributed by atoms with Gasteiger partial charge in [-0.2, -0.15) is 0 Å². The summed E-state index contributed by atoms with van der Waals surface area (Å²) < 4.78 is 16.5. The molecule has 0 bridgehead atoms. The highest BCUT2D eigenvalue weighted by Crippen LogP contribution is 2.44. The Bertz CT molecular complexity index is 716. The monoisotopic (exact) mass is 276 g/mol. The molecular weight excluding hydrogens is 260 g/mol. The Balaban J connectivity index is 2.34. The van der Waals surface area contributed by atoms with Crippen molar-refractivity contribution in [2.24, 2.45) is 0 Å². The quantitative estimate of drug-likeness (QED) is 0.807. The van der Waals surface area contributed by atoms with E-state index in [1.165, 1.54) is 13.2 Å². The van der Waals surface area contributed by atoms with Crippen LogP contribution < -0.4 is 10.4 Å². The molecule has 1 aromatic carbocycles. The summed E-state index contributed by atoms with van der Waals surface area (Å²) in [5.74, 6) is 0.564. The topological polar surface area (TPSA) is 68.9 Å². The Morgan fingerprint density at radius 3 is 2.65 bits per heavy atom. The molecular formula is C15H16O5. The second-order valence-electron chi connectivity index (χ2n) is 5.46. The molecule has 0 saturated carbocycles. The lowest BCUT2D eigenvalue weighted by molar-refractivity contribution is -0.123. The smallest absolute Gasteiger partial charge is 0.336 e. The molecule has 0 radical (unpaired) electrons. The van der Waals surface area contributed by atoms with Crippen LogP contribution in [-0.4, -0.2) is 23.9 Å². The number of rotatable bonds is 1. The minimum atomic E-state index is -0.865. The molecule has 2 aromatic rings. The number of ether oxygens (including phenoxy) is 2. The molecule has 2 atom stereocenters. The first-order chi connectivity index (χ1) is 9.44. The molecule has 0 spiro atoms. The van der Waals surface area contributed by atoms with Gasteiger partial charge in [0.05, 0.1) is 5.56 Å². The predicted octanol–water partition coefficient (Wildman–Crippen LogP) is 2.01. The molecule has 3 rings (SSSR count). The van der Waals surface area contributed by atoms with Gasteiger partial charge in [-0.25, -0.2) is 4.79 Å². The SMILES string of the molecule is CO[C@@H]1c2c(ccc3ccc(=O)oc23)OC(C)(C)[C@@H]1O. The van der Waals surface area contributed by atoms with Crippen molar-refractivity contribution in [2.45, 2.75) is 31.7 Å². The van der Waals surface area contributed by atoms with E-state index in [0.717, 1.165) is 5.39 Å². The molecule has 0 aliphatic carbocycles. The molecule has 2 heterocycles. The molecule has 5 nitrogen and oxygen atoms in total. The van der Waals surface area contributed by atoms with Gasteiger partial charge in [0.2, 0.25) is 0 Å². The fraction of sp³-hybridized carbons (Fsp3) is 0.400. The van der Waals surface area contributed by atoms with Crippen molar-refractivity contribution in [3.63, 3.8) is 0 Å². The van der Waals surface area contributed by atoms with Crippen molar-refractivity contribution in [3.8, 4) is 5.75 Å². The van der Waals surface area contributed by atoms with Crippen molar-refractivity contribution in [1.82, 2.24) is 0 Å². The van der Waals surface area contributed by atoms with Gasteiger partial charge in [-0.05, 0) is 32.0 Å². The van der Waals surface area contributed by atoms with E-state index in [-0.39, 0.29) is 0 Å². The number of hydrogen-bond acceptors (Lipinski definition) is 5. The van der Waals surface area contributed by atoms with Crippen LogP contribution in [-0.2, 0) is 4.74 Å². The maximum Gasteiger partial charge on any atom is 0.336 e. The van der Waals surface area contributed by atoms with Crippen molar-refractivity contribution in [1.29, 1.82) is 0 Å². The van der Waals surface area contributed by atoms with Crippen LogP contribution >= 0.6 is 0 Å². The Kier molecular flexibility index (Phi) is 2.84. The summed E-state index contributed by atoms with van der Waals surface area (Å²) in [6, 6.07) is 6.66. The van der Waals surface area contributed by atoms with E-state index < -0.39 is 23.4 Å². The van der Waals surface area contributed by atoms with E-state index in [2.05, 4.69) is 0 Å². The molecule has 1 aliphatic rings. The average Bonchev–Trinajstić information content (AvgIpc) is 2.40. The highest BCUT2D eigenvalue weighted by Gasteiger charge is 2.44. The zero-order valence-electron chi connectivity index (χ0n) is 11.5. The fourth-order valence-electron chi connectivity index (χ4n) is 2.61. The Hall–Kier alpha value is -1.85. The van der Waals surface area contributed by atoms with Gasteiger partial charge in [0.25, 0.3) is 0 Å². The van der Waals surface area contributed by atoms with Crippen LogP contribution in [0.25, 0.3) is 11.0 Å². The Morgan fingerprint density at radius 1 is 1.25 bits per heavy atom. The van der Waals surface area contributed by atoms with E-state index in [0.29, 0.717) is 16.9 Å². The molecule has 20 heavy (non-hydrogen) atoms. The first-order valence-corrected chi connectivity index (χ1v) is 6.40. The zero-order chi connectivity index (χ0) is 14.5. The number of hydrogen-bond donors (Lipinski definition) is 1. The summed E-state index contributed by atoms with van der Waals surface area (Å²) in [4.78, 5) is 11.5. The van der Waals surface area contributed by atoms with E-state index in [1.807, 2.05) is 6.07 Å². The minimum absolute atomic E-state index is 0.399. The molecule has 5 heteroatoms. The first-order valence-electron chi connectivity index (χ1n) is 6.40. The number of aliphatic hydroxyl groups is 1. The molecule has 0 unspecified atom stereocenters. The second-order valence-corrected chi connectivity index (χ2v) is 5.46. The van der Waals surface area contributed by atoms with Crippen LogP contribution in [0.15, 0.2) is 33.5 Å². The highest BCUT2D eigenvalue weighted by atomic mass is 16.5. The average molecular weight is 276 g/mol. The van der Waals surface area contributed by atoms with Crippen molar-refractivity contribution in [3.05, 3.63) is 40.2 Å². The molecule has 0 saturated heterocycles. The summed E-state index contributed by atoms with van der Waals surface area (Å²) in [7, 11) is 1.51.